The Kier molecular flexibility index (Phi) is 3.37. The number of thiazole rings is 1. The van der Waals surface area contributed by atoms with Gasteiger partial charge in [0.2, 0.25) is 0 Å². The number of alkyl halides is 3. The molecule has 1 unspecified atom stereocenters. The Bertz CT molecular complexity index is 405. The second kappa shape index (κ2) is 4.64. The van der Waals surface area contributed by atoms with E-state index in [1.165, 1.54) is 6.20 Å². The van der Waals surface area contributed by atoms with E-state index in [1.54, 1.807) is 4.90 Å². The molecule has 1 saturated heterocycles. The van der Waals surface area contributed by atoms with Crippen molar-refractivity contribution in [1.82, 2.24) is 4.98 Å². The van der Waals surface area contributed by atoms with Crippen LogP contribution in [0, 0.1) is 5.92 Å². The average Bonchev–Trinajstić information content (AvgIpc) is 2.76. The van der Waals surface area contributed by atoms with Crippen LogP contribution >= 0.6 is 11.3 Å². The first kappa shape index (κ1) is 12.3. The summed E-state index contributed by atoms with van der Waals surface area (Å²) in [6.45, 7) is 0.508. The molecule has 0 amide bonds. The second-order valence-corrected chi connectivity index (χ2v) is 5.03. The summed E-state index contributed by atoms with van der Waals surface area (Å²) in [7, 11) is 0. The molecule has 0 aliphatic carbocycles. The van der Waals surface area contributed by atoms with Crippen molar-refractivity contribution in [2.24, 2.45) is 5.92 Å². The van der Waals surface area contributed by atoms with Crippen LogP contribution in [0.3, 0.4) is 0 Å². The highest BCUT2D eigenvalue weighted by molar-refractivity contribution is 7.17. The Balaban J connectivity index is 2.09. The van der Waals surface area contributed by atoms with Gasteiger partial charge in [0.25, 0.3) is 0 Å². The number of rotatable bonds is 2. The molecule has 1 fully saturated rings. The first-order valence-electron chi connectivity index (χ1n) is 5.23. The standard InChI is InChI=1S/C10H11F3N2OS/c11-10(12,13)7-2-1-3-15(5-7)9-14-4-8(6-16)17-9/h4,6-7H,1-3,5H2. The summed E-state index contributed by atoms with van der Waals surface area (Å²) in [5.41, 5.74) is 0. The van der Waals surface area contributed by atoms with Gasteiger partial charge in [-0.3, -0.25) is 4.79 Å². The summed E-state index contributed by atoms with van der Waals surface area (Å²) < 4.78 is 37.8. The van der Waals surface area contributed by atoms with E-state index in [1.807, 2.05) is 0 Å². The van der Waals surface area contributed by atoms with Gasteiger partial charge in [-0.25, -0.2) is 4.98 Å². The molecule has 1 aromatic rings. The summed E-state index contributed by atoms with van der Waals surface area (Å²) >= 11 is 1.13. The van der Waals surface area contributed by atoms with Gasteiger partial charge in [0.1, 0.15) is 0 Å². The molecule has 17 heavy (non-hydrogen) atoms. The largest absolute Gasteiger partial charge is 0.393 e. The number of anilines is 1. The maximum Gasteiger partial charge on any atom is 0.393 e. The smallest absolute Gasteiger partial charge is 0.347 e. The summed E-state index contributed by atoms with van der Waals surface area (Å²) in [4.78, 5) is 16.5. The minimum absolute atomic E-state index is 0.0602. The highest BCUT2D eigenvalue weighted by Crippen LogP contribution is 2.35. The van der Waals surface area contributed by atoms with Crippen LogP contribution in [0.5, 0.6) is 0 Å². The van der Waals surface area contributed by atoms with Crippen LogP contribution in [-0.4, -0.2) is 30.5 Å². The zero-order chi connectivity index (χ0) is 12.5. The van der Waals surface area contributed by atoms with Gasteiger partial charge in [-0.15, -0.1) is 0 Å². The number of halogens is 3. The molecule has 0 saturated carbocycles. The first-order valence-corrected chi connectivity index (χ1v) is 6.05. The van der Waals surface area contributed by atoms with E-state index >= 15 is 0 Å². The minimum Gasteiger partial charge on any atom is -0.347 e. The molecule has 1 atom stereocenters. The molecule has 3 nitrogen and oxygen atoms in total. The highest BCUT2D eigenvalue weighted by atomic mass is 32.1. The molecule has 1 aliphatic heterocycles. The Morgan fingerprint density at radius 1 is 1.53 bits per heavy atom. The Morgan fingerprint density at radius 2 is 2.29 bits per heavy atom. The number of piperidine rings is 1. The summed E-state index contributed by atoms with van der Waals surface area (Å²) in [6.07, 6.45) is -1.42. The van der Waals surface area contributed by atoms with E-state index in [0.29, 0.717) is 29.3 Å². The lowest BCUT2D eigenvalue weighted by Gasteiger charge is -2.33. The molecular weight excluding hydrogens is 253 g/mol. The zero-order valence-corrected chi connectivity index (χ0v) is 9.72. The number of aldehydes is 1. The van der Waals surface area contributed by atoms with Crippen molar-refractivity contribution in [3.05, 3.63) is 11.1 Å². The summed E-state index contributed by atoms with van der Waals surface area (Å²) in [5, 5.41) is 0.501. The molecule has 2 heterocycles. The van der Waals surface area contributed by atoms with E-state index in [-0.39, 0.29) is 13.0 Å². The Labute approximate surface area is 100 Å². The van der Waals surface area contributed by atoms with Crippen molar-refractivity contribution in [2.45, 2.75) is 19.0 Å². The van der Waals surface area contributed by atoms with Gasteiger partial charge in [-0.2, -0.15) is 13.2 Å². The zero-order valence-electron chi connectivity index (χ0n) is 8.91. The average molecular weight is 264 g/mol. The van der Waals surface area contributed by atoms with Crippen LogP contribution in [0.25, 0.3) is 0 Å². The number of carbonyl (C=O) groups excluding carboxylic acids is 1. The van der Waals surface area contributed by atoms with E-state index in [9.17, 15) is 18.0 Å². The molecule has 0 radical (unpaired) electrons. The Hall–Kier alpha value is -1.11. The van der Waals surface area contributed by atoms with E-state index in [2.05, 4.69) is 4.98 Å². The third-order valence-corrected chi connectivity index (χ3v) is 3.77. The maximum atomic E-state index is 12.6. The number of aromatic nitrogens is 1. The van der Waals surface area contributed by atoms with Crippen LogP contribution < -0.4 is 4.90 Å². The van der Waals surface area contributed by atoms with Crippen LogP contribution in [0.2, 0.25) is 0 Å². The van der Waals surface area contributed by atoms with E-state index in [0.717, 1.165) is 11.3 Å². The lowest BCUT2D eigenvalue weighted by molar-refractivity contribution is -0.175. The summed E-state index contributed by atoms with van der Waals surface area (Å²) in [5.74, 6) is -1.29. The van der Waals surface area contributed by atoms with Gasteiger partial charge < -0.3 is 4.90 Å². The topological polar surface area (TPSA) is 33.2 Å². The quantitative estimate of drug-likeness (QED) is 0.770. The van der Waals surface area contributed by atoms with Crippen LogP contribution in [0.4, 0.5) is 18.3 Å². The number of carbonyl (C=O) groups is 1. The fraction of sp³-hybridized carbons (Fsp3) is 0.600. The fourth-order valence-electron chi connectivity index (χ4n) is 1.90. The van der Waals surface area contributed by atoms with Gasteiger partial charge in [-0.1, -0.05) is 11.3 Å². The van der Waals surface area contributed by atoms with Crippen molar-refractivity contribution < 1.29 is 18.0 Å². The molecular formula is C10H11F3N2OS. The van der Waals surface area contributed by atoms with Crippen LogP contribution in [0.1, 0.15) is 22.5 Å². The van der Waals surface area contributed by atoms with Crippen molar-refractivity contribution in [1.29, 1.82) is 0 Å². The minimum atomic E-state index is -4.15. The molecule has 0 bridgehead atoms. The maximum absolute atomic E-state index is 12.6. The van der Waals surface area contributed by atoms with E-state index < -0.39 is 12.1 Å². The third kappa shape index (κ3) is 2.77. The normalized spacial score (nSPS) is 21.6. The van der Waals surface area contributed by atoms with Gasteiger partial charge in [0.15, 0.2) is 11.4 Å². The molecule has 0 aromatic carbocycles. The van der Waals surface area contributed by atoms with Crippen LogP contribution in [-0.2, 0) is 0 Å². The van der Waals surface area contributed by atoms with Crippen LogP contribution in [0.15, 0.2) is 6.20 Å². The predicted molar refractivity (Wildman–Crippen MR) is 58.5 cm³/mol. The van der Waals surface area contributed by atoms with Gasteiger partial charge >= 0.3 is 6.18 Å². The molecule has 1 aromatic heterocycles. The molecule has 1 aliphatic rings. The second-order valence-electron chi connectivity index (χ2n) is 3.99. The Morgan fingerprint density at radius 3 is 2.88 bits per heavy atom. The monoisotopic (exact) mass is 264 g/mol. The van der Waals surface area contributed by atoms with E-state index in [4.69, 9.17) is 0 Å². The van der Waals surface area contributed by atoms with Gasteiger partial charge in [0, 0.05) is 13.1 Å². The SMILES string of the molecule is O=Cc1cnc(N2CCCC(C(F)(F)F)C2)s1. The summed E-state index contributed by atoms with van der Waals surface area (Å²) in [6, 6.07) is 0. The lowest BCUT2D eigenvalue weighted by Crippen LogP contribution is -2.41. The van der Waals surface area contributed by atoms with Gasteiger partial charge in [0.05, 0.1) is 17.0 Å². The highest BCUT2D eigenvalue weighted by Gasteiger charge is 2.42. The number of hydrogen-bond donors (Lipinski definition) is 0. The molecule has 2 rings (SSSR count). The number of nitrogens with zero attached hydrogens (tertiary/aromatic N) is 2. The van der Waals surface area contributed by atoms with Gasteiger partial charge in [-0.05, 0) is 12.8 Å². The molecule has 0 N–H and O–H groups in total. The predicted octanol–water partition coefficient (Wildman–Crippen LogP) is 2.73. The number of hydrogen-bond acceptors (Lipinski definition) is 4. The van der Waals surface area contributed by atoms with Crippen molar-refractivity contribution in [3.8, 4) is 0 Å². The third-order valence-electron chi connectivity index (χ3n) is 2.78. The van der Waals surface area contributed by atoms with Crippen molar-refractivity contribution in [3.63, 3.8) is 0 Å². The molecule has 94 valence electrons. The molecule has 0 spiro atoms. The lowest BCUT2D eigenvalue weighted by atomic mass is 9.98. The van der Waals surface area contributed by atoms with Crippen molar-refractivity contribution in [2.75, 3.05) is 18.0 Å². The van der Waals surface area contributed by atoms with Crippen molar-refractivity contribution >= 4 is 22.8 Å². The first-order chi connectivity index (χ1) is 8.00. The molecule has 7 heteroatoms. The fourth-order valence-corrected chi connectivity index (χ4v) is 2.66.